The summed E-state index contributed by atoms with van der Waals surface area (Å²) in [4.78, 5) is 0. The van der Waals surface area contributed by atoms with Crippen molar-refractivity contribution in [2.45, 2.75) is 53.4 Å². The molecule has 0 aliphatic rings. The molecule has 6 aromatic rings. The molecular formula is C48H56P2. The van der Waals surface area contributed by atoms with Crippen LogP contribution in [0.3, 0.4) is 0 Å². The second-order valence-corrected chi connectivity index (χ2v) is 24.0. The first-order valence-electron chi connectivity index (χ1n) is 18.6. The molecule has 0 heterocycles. The molecule has 0 saturated carbocycles. The number of benzene rings is 6. The fourth-order valence-electron chi connectivity index (χ4n) is 9.03. The first-order valence-corrected chi connectivity index (χ1v) is 23.0. The van der Waals surface area contributed by atoms with Crippen LogP contribution in [0.4, 0.5) is 0 Å². The van der Waals surface area contributed by atoms with Crippen molar-refractivity contribution < 1.29 is 0 Å². The standard InChI is InChI=1S/C48H56P2/c1-47(2,36-23-38-49(41-24-11-5-12-25-41,42-26-13-6-14-27-42)43-28-15-7-16-29-43)40-48(3,4)37-39-50(44-30-17-8-18-31-44,45-32-19-9-20-33-45)46-34-21-10-22-35-46/h5-22,24-35,49-50H,23,36-40H2,1-4H3. The van der Waals surface area contributed by atoms with Crippen molar-refractivity contribution >= 4 is 46.4 Å². The minimum atomic E-state index is -2.27. The van der Waals surface area contributed by atoms with Gasteiger partial charge in [-0.1, -0.05) is 0 Å². The quantitative estimate of drug-likeness (QED) is 0.0939. The summed E-state index contributed by atoms with van der Waals surface area (Å²) in [5, 5.41) is 9.07. The molecule has 0 nitrogen and oxygen atoms in total. The summed E-state index contributed by atoms with van der Waals surface area (Å²) in [5.74, 6) is 0. The van der Waals surface area contributed by atoms with E-state index in [9.17, 15) is 0 Å². The molecule has 0 atom stereocenters. The zero-order valence-corrected chi connectivity index (χ0v) is 32.6. The molecule has 6 rings (SSSR count). The van der Waals surface area contributed by atoms with Crippen LogP contribution in [-0.4, -0.2) is 12.3 Å². The zero-order chi connectivity index (χ0) is 34.9. The van der Waals surface area contributed by atoms with Gasteiger partial charge in [-0.2, -0.15) is 0 Å². The van der Waals surface area contributed by atoms with E-state index in [4.69, 9.17) is 0 Å². The molecule has 0 bridgehead atoms. The van der Waals surface area contributed by atoms with Gasteiger partial charge in [0.15, 0.2) is 0 Å². The monoisotopic (exact) mass is 694 g/mol. The van der Waals surface area contributed by atoms with Crippen LogP contribution in [-0.2, 0) is 0 Å². The van der Waals surface area contributed by atoms with Gasteiger partial charge < -0.3 is 0 Å². The summed E-state index contributed by atoms with van der Waals surface area (Å²) in [5.41, 5.74) is 0.428. The van der Waals surface area contributed by atoms with Crippen LogP contribution in [0.25, 0.3) is 0 Å². The van der Waals surface area contributed by atoms with Gasteiger partial charge in [0.2, 0.25) is 0 Å². The summed E-state index contributed by atoms with van der Waals surface area (Å²) in [6, 6.07) is 68.5. The van der Waals surface area contributed by atoms with Gasteiger partial charge in [0.25, 0.3) is 0 Å². The van der Waals surface area contributed by atoms with E-state index in [1.165, 1.54) is 69.8 Å². The summed E-state index contributed by atoms with van der Waals surface area (Å²) < 4.78 is 0. The van der Waals surface area contributed by atoms with Gasteiger partial charge in [0, 0.05) is 0 Å². The normalized spacial score (nSPS) is 13.1. The SMILES string of the molecule is CC(C)(CCC[PH](c1ccccc1)(c1ccccc1)c1ccccc1)CC(C)(C)CC[PH](c1ccccc1)(c1ccccc1)c1ccccc1. The summed E-state index contributed by atoms with van der Waals surface area (Å²) in [6.45, 7) is 10.1. The van der Waals surface area contributed by atoms with Gasteiger partial charge in [-0.05, 0) is 0 Å². The van der Waals surface area contributed by atoms with Gasteiger partial charge in [-0.25, -0.2) is 0 Å². The van der Waals surface area contributed by atoms with Crippen LogP contribution >= 0.6 is 14.5 Å². The minimum absolute atomic E-state index is 0.201. The molecule has 258 valence electrons. The van der Waals surface area contributed by atoms with Crippen molar-refractivity contribution in [1.29, 1.82) is 0 Å². The predicted molar refractivity (Wildman–Crippen MR) is 229 cm³/mol. The molecule has 0 unspecified atom stereocenters. The molecule has 0 aliphatic carbocycles. The molecule has 0 fully saturated rings. The van der Waals surface area contributed by atoms with Crippen LogP contribution in [0, 0.1) is 10.8 Å². The first kappa shape index (κ1) is 36.0. The Bertz CT molecular complexity index is 1670. The Morgan fingerprint density at radius 2 is 0.560 bits per heavy atom. The van der Waals surface area contributed by atoms with Crippen molar-refractivity contribution in [3.63, 3.8) is 0 Å². The molecule has 2 heteroatoms. The van der Waals surface area contributed by atoms with Crippen molar-refractivity contribution in [2.24, 2.45) is 10.8 Å². The fraction of sp³-hybridized carbons (Fsp3) is 0.250. The molecule has 6 aromatic carbocycles. The van der Waals surface area contributed by atoms with Crippen molar-refractivity contribution in [1.82, 2.24) is 0 Å². The van der Waals surface area contributed by atoms with E-state index in [1.807, 2.05) is 0 Å². The molecule has 0 N–H and O–H groups in total. The average molecular weight is 695 g/mol. The topological polar surface area (TPSA) is 0 Å². The maximum atomic E-state index is 2.53. The summed E-state index contributed by atoms with van der Waals surface area (Å²) >= 11 is 0. The van der Waals surface area contributed by atoms with E-state index >= 15 is 0 Å². The van der Waals surface area contributed by atoms with E-state index in [-0.39, 0.29) is 10.8 Å². The Labute approximate surface area is 303 Å². The van der Waals surface area contributed by atoms with E-state index in [0.717, 1.165) is 0 Å². The molecule has 0 radical (unpaired) electrons. The third-order valence-corrected chi connectivity index (χ3v) is 21.2. The fourth-order valence-corrected chi connectivity index (χ4v) is 19.1. The van der Waals surface area contributed by atoms with Gasteiger partial charge in [0.1, 0.15) is 0 Å². The van der Waals surface area contributed by atoms with Crippen LogP contribution in [0.1, 0.15) is 53.4 Å². The van der Waals surface area contributed by atoms with Crippen molar-refractivity contribution in [2.75, 3.05) is 12.3 Å². The van der Waals surface area contributed by atoms with Crippen LogP contribution < -0.4 is 31.8 Å². The van der Waals surface area contributed by atoms with Gasteiger partial charge in [-0.3, -0.25) is 0 Å². The zero-order valence-electron chi connectivity index (χ0n) is 30.6. The Balaban J connectivity index is 1.25. The summed E-state index contributed by atoms with van der Waals surface area (Å²) in [6.07, 6.45) is 7.24. The third-order valence-electron chi connectivity index (χ3n) is 11.1. The molecule has 0 spiro atoms. The molecule has 0 saturated heterocycles. The molecule has 0 aromatic heterocycles. The Kier molecular flexibility index (Phi) is 11.5. The van der Waals surface area contributed by atoms with Crippen LogP contribution in [0.2, 0.25) is 0 Å². The molecule has 0 aliphatic heterocycles. The van der Waals surface area contributed by atoms with Gasteiger partial charge >= 0.3 is 305 Å². The van der Waals surface area contributed by atoms with Crippen molar-refractivity contribution in [3.8, 4) is 0 Å². The second kappa shape index (κ2) is 16.0. The van der Waals surface area contributed by atoms with E-state index in [2.05, 4.69) is 210 Å². The third kappa shape index (κ3) is 8.05. The molecular weight excluding hydrogens is 638 g/mol. The average Bonchev–Trinajstić information content (AvgIpc) is 3.16. The van der Waals surface area contributed by atoms with Crippen LogP contribution in [0.5, 0.6) is 0 Å². The van der Waals surface area contributed by atoms with Crippen LogP contribution in [0.15, 0.2) is 182 Å². The van der Waals surface area contributed by atoms with Crippen molar-refractivity contribution in [3.05, 3.63) is 182 Å². The number of hydrogen-bond acceptors (Lipinski definition) is 0. The summed E-state index contributed by atoms with van der Waals surface area (Å²) in [7, 11) is -4.50. The Morgan fingerprint density at radius 1 is 0.320 bits per heavy atom. The van der Waals surface area contributed by atoms with E-state index < -0.39 is 14.5 Å². The Morgan fingerprint density at radius 3 is 0.840 bits per heavy atom. The van der Waals surface area contributed by atoms with E-state index in [1.54, 1.807) is 0 Å². The maximum absolute atomic E-state index is 2.53. The second-order valence-electron chi connectivity index (χ2n) is 15.9. The number of rotatable bonds is 15. The predicted octanol–water partition coefficient (Wildman–Crippen LogP) is 10.1. The molecule has 0 amide bonds. The number of hydrogen-bond donors (Lipinski definition) is 0. The Hall–Kier alpha value is -3.82. The first-order chi connectivity index (χ1) is 24.3. The van der Waals surface area contributed by atoms with E-state index in [0.29, 0.717) is 0 Å². The van der Waals surface area contributed by atoms with Gasteiger partial charge in [0.05, 0.1) is 0 Å². The molecule has 50 heavy (non-hydrogen) atoms. The van der Waals surface area contributed by atoms with Gasteiger partial charge in [-0.15, -0.1) is 0 Å².